The normalized spacial score (nSPS) is 15.6. The van der Waals surface area contributed by atoms with Crippen LogP contribution in [0.3, 0.4) is 0 Å². The Balaban J connectivity index is 0.00000243. The molecule has 0 saturated carbocycles. The first-order valence-electron chi connectivity index (χ1n) is 8.11. The highest BCUT2D eigenvalue weighted by Crippen LogP contribution is 2.09. The van der Waals surface area contributed by atoms with E-state index >= 15 is 0 Å². The smallest absolute Gasteiger partial charge is 0.284 e. The predicted octanol–water partition coefficient (Wildman–Crippen LogP) is 0.878. The van der Waals surface area contributed by atoms with E-state index in [-0.39, 0.29) is 29.7 Å². The zero-order valence-electron chi connectivity index (χ0n) is 14.6. The van der Waals surface area contributed by atoms with Gasteiger partial charge in [0.15, 0.2) is 11.7 Å². The maximum atomic E-state index is 11.1. The largest absolute Gasteiger partial charge is 0.454 e. The van der Waals surface area contributed by atoms with Crippen molar-refractivity contribution in [1.82, 2.24) is 20.3 Å². The first kappa shape index (κ1) is 20.2. The number of aromatic nitrogens is 1. The Kier molecular flexibility index (Phi) is 7.45. The van der Waals surface area contributed by atoms with Crippen LogP contribution in [0.15, 0.2) is 38.4 Å². The molecular formula is C16H23IN6O3. The lowest BCUT2D eigenvalue weighted by Crippen LogP contribution is -2.52. The van der Waals surface area contributed by atoms with Crippen LogP contribution in [0.4, 0.5) is 0 Å². The fraction of sp³-hybridized carbons (Fsp3) is 0.438. The second-order valence-corrected chi connectivity index (χ2v) is 5.78. The number of guanidine groups is 1. The van der Waals surface area contributed by atoms with Crippen molar-refractivity contribution in [2.24, 2.45) is 10.7 Å². The number of hydrogen-bond donors (Lipinski definition) is 2. The topological polar surface area (TPSA) is 113 Å². The Labute approximate surface area is 168 Å². The quantitative estimate of drug-likeness (QED) is 0.376. The molecule has 142 valence electrons. The number of rotatable bonds is 5. The molecule has 2 aromatic rings. The number of nitrogens with zero attached hydrogens (tertiary/aromatic N) is 4. The average Bonchev–Trinajstić information content (AvgIpc) is 3.28. The summed E-state index contributed by atoms with van der Waals surface area (Å²) in [6, 6.07) is 5.19. The van der Waals surface area contributed by atoms with Crippen molar-refractivity contribution in [2.75, 3.05) is 33.2 Å². The Morgan fingerprint density at radius 3 is 2.65 bits per heavy atom. The Morgan fingerprint density at radius 2 is 2.08 bits per heavy atom. The van der Waals surface area contributed by atoms with Crippen LogP contribution in [0.1, 0.15) is 22.0 Å². The molecule has 1 aliphatic rings. The molecule has 1 fully saturated rings. The van der Waals surface area contributed by atoms with E-state index in [1.54, 1.807) is 25.4 Å². The van der Waals surface area contributed by atoms with Gasteiger partial charge in [-0.05, 0) is 12.1 Å². The number of furan rings is 1. The van der Waals surface area contributed by atoms with Crippen molar-refractivity contribution >= 4 is 35.8 Å². The number of primary amides is 1. The molecule has 0 aliphatic carbocycles. The van der Waals surface area contributed by atoms with Crippen molar-refractivity contribution in [3.63, 3.8) is 0 Å². The number of halogens is 1. The summed E-state index contributed by atoms with van der Waals surface area (Å²) in [7, 11) is 1.75. The highest BCUT2D eigenvalue weighted by Gasteiger charge is 2.20. The molecule has 0 atom stereocenters. The molecule has 1 amide bonds. The summed E-state index contributed by atoms with van der Waals surface area (Å²) in [5.41, 5.74) is 6.13. The van der Waals surface area contributed by atoms with Gasteiger partial charge in [-0.25, -0.2) is 0 Å². The third kappa shape index (κ3) is 5.21. The van der Waals surface area contributed by atoms with E-state index in [2.05, 4.69) is 25.3 Å². The second kappa shape index (κ2) is 9.57. The van der Waals surface area contributed by atoms with Crippen LogP contribution in [-0.4, -0.2) is 60.0 Å². The molecule has 1 saturated heterocycles. The summed E-state index contributed by atoms with van der Waals surface area (Å²) in [5, 5.41) is 7.20. The summed E-state index contributed by atoms with van der Waals surface area (Å²) in [6.45, 7) is 4.79. The summed E-state index contributed by atoms with van der Waals surface area (Å²) in [4.78, 5) is 19.9. The molecule has 26 heavy (non-hydrogen) atoms. The number of nitrogens with two attached hydrogens (primary N) is 1. The van der Waals surface area contributed by atoms with Crippen LogP contribution < -0.4 is 11.1 Å². The lowest BCUT2D eigenvalue weighted by atomic mass is 10.3. The van der Waals surface area contributed by atoms with Gasteiger partial charge in [-0.1, -0.05) is 5.16 Å². The van der Waals surface area contributed by atoms with Crippen molar-refractivity contribution < 1.29 is 13.7 Å². The number of carbonyl (C=O) groups excluding carboxylic acids is 1. The van der Waals surface area contributed by atoms with Gasteiger partial charge >= 0.3 is 0 Å². The molecule has 2 aromatic heterocycles. The SMILES string of the molecule is CN=C(NCc1ccc(C(N)=O)o1)N1CCN(Cc2ccon2)CC1.I. The van der Waals surface area contributed by atoms with Crippen LogP contribution in [-0.2, 0) is 13.1 Å². The zero-order valence-corrected chi connectivity index (χ0v) is 16.9. The minimum absolute atomic E-state index is 0. The van der Waals surface area contributed by atoms with Crippen LogP contribution in [0, 0.1) is 0 Å². The molecule has 3 N–H and O–H groups in total. The highest BCUT2D eigenvalue weighted by atomic mass is 127. The molecule has 0 aromatic carbocycles. The standard InChI is InChI=1S/C16H22N6O3.HI/c1-18-16(19-10-13-2-3-14(25-13)15(17)23)22-7-5-21(6-8-22)11-12-4-9-24-20-12;/h2-4,9H,5-8,10-11H2,1H3,(H2,17,23)(H,18,19);1H. The average molecular weight is 474 g/mol. The van der Waals surface area contributed by atoms with E-state index in [9.17, 15) is 4.79 Å². The summed E-state index contributed by atoms with van der Waals surface area (Å²) < 4.78 is 10.2. The Morgan fingerprint density at radius 1 is 1.31 bits per heavy atom. The Hall–Kier alpha value is -2.08. The van der Waals surface area contributed by atoms with Crippen molar-refractivity contribution in [3.8, 4) is 0 Å². The summed E-state index contributed by atoms with van der Waals surface area (Å²) in [6.07, 6.45) is 1.59. The molecule has 0 radical (unpaired) electrons. The van der Waals surface area contributed by atoms with E-state index in [0.29, 0.717) is 12.3 Å². The third-order valence-electron chi connectivity index (χ3n) is 4.09. The van der Waals surface area contributed by atoms with Crippen LogP contribution in [0.2, 0.25) is 0 Å². The molecule has 0 bridgehead atoms. The van der Waals surface area contributed by atoms with E-state index in [1.165, 1.54) is 0 Å². The number of hydrogen-bond acceptors (Lipinski definition) is 6. The van der Waals surface area contributed by atoms with Crippen molar-refractivity contribution in [2.45, 2.75) is 13.1 Å². The summed E-state index contributed by atoms with van der Waals surface area (Å²) in [5.74, 6) is 1.03. The number of carbonyl (C=O) groups is 1. The van der Waals surface area contributed by atoms with Gasteiger partial charge in [-0.3, -0.25) is 14.7 Å². The van der Waals surface area contributed by atoms with Gasteiger partial charge in [0.1, 0.15) is 12.0 Å². The number of amides is 1. The van der Waals surface area contributed by atoms with Gasteiger partial charge in [0.25, 0.3) is 5.91 Å². The van der Waals surface area contributed by atoms with Gasteiger partial charge in [0.05, 0.1) is 12.2 Å². The predicted molar refractivity (Wildman–Crippen MR) is 106 cm³/mol. The molecule has 3 heterocycles. The highest BCUT2D eigenvalue weighted by molar-refractivity contribution is 14.0. The molecule has 10 heteroatoms. The number of aliphatic imine (C=N–C) groups is 1. The molecule has 3 rings (SSSR count). The van der Waals surface area contributed by atoms with E-state index in [1.807, 2.05) is 6.07 Å². The zero-order chi connectivity index (χ0) is 17.6. The fourth-order valence-electron chi connectivity index (χ4n) is 2.77. The van der Waals surface area contributed by atoms with Gasteiger partial charge in [0, 0.05) is 45.8 Å². The van der Waals surface area contributed by atoms with Gasteiger partial charge in [-0.15, -0.1) is 24.0 Å². The van der Waals surface area contributed by atoms with Crippen molar-refractivity contribution in [3.05, 3.63) is 41.7 Å². The van der Waals surface area contributed by atoms with Gasteiger partial charge < -0.3 is 24.9 Å². The number of nitrogens with one attached hydrogen (secondary N) is 1. The molecule has 0 unspecified atom stereocenters. The van der Waals surface area contributed by atoms with E-state index < -0.39 is 5.91 Å². The van der Waals surface area contributed by atoms with E-state index in [4.69, 9.17) is 14.7 Å². The first-order valence-corrected chi connectivity index (χ1v) is 8.11. The Bertz CT molecular complexity index is 722. The second-order valence-electron chi connectivity index (χ2n) is 5.78. The monoisotopic (exact) mass is 474 g/mol. The molecule has 1 aliphatic heterocycles. The molecule has 0 spiro atoms. The van der Waals surface area contributed by atoms with Gasteiger partial charge in [0.2, 0.25) is 0 Å². The molecular weight excluding hydrogens is 451 g/mol. The third-order valence-corrected chi connectivity index (χ3v) is 4.09. The summed E-state index contributed by atoms with van der Waals surface area (Å²) >= 11 is 0. The maximum absolute atomic E-state index is 11.1. The number of piperazine rings is 1. The lowest BCUT2D eigenvalue weighted by molar-refractivity contribution is 0.0972. The minimum Gasteiger partial charge on any atom is -0.454 e. The van der Waals surface area contributed by atoms with Crippen molar-refractivity contribution in [1.29, 1.82) is 0 Å². The van der Waals surface area contributed by atoms with Gasteiger partial charge in [-0.2, -0.15) is 0 Å². The van der Waals surface area contributed by atoms with Crippen LogP contribution >= 0.6 is 24.0 Å². The van der Waals surface area contributed by atoms with Crippen LogP contribution in [0.5, 0.6) is 0 Å². The van der Waals surface area contributed by atoms with E-state index in [0.717, 1.165) is 44.4 Å². The minimum atomic E-state index is -0.570. The lowest BCUT2D eigenvalue weighted by Gasteiger charge is -2.36. The fourth-order valence-corrected chi connectivity index (χ4v) is 2.77. The first-order chi connectivity index (χ1) is 12.2. The van der Waals surface area contributed by atoms with Crippen LogP contribution in [0.25, 0.3) is 0 Å². The maximum Gasteiger partial charge on any atom is 0.284 e. The molecule has 9 nitrogen and oxygen atoms in total.